The number of carbonyl (C=O) groups excluding carboxylic acids is 1. The molecule has 0 spiro atoms. The molecule has 1 fully saturated rings. The molecule has 102 valence electrons. The van der Waals surface area contributed by atoms with Crippen LogP contribution in [0.4, 0.5) is 5.69 Å². The van der Waals surface area contributed by atoms with Crippen LogP contribution in [0.5, 0.6) is 0 Å². The minimum Gasteiger partial charge on any atom is -0.315 e. The predicted octanol–water partition coefficient (Wildman–Crippen LogP) is 2.68. The van der Waals surface area contributed by atoms with Crippen LogP contribution in [0.2, 0.25) is 0 Å². The lowest BCUT2D eigenvalue weighted by Gasteiger charge is -2.17. The fraction of sp³-hybridized carbons (Fsp3) is 0.235. The van der Waals surface area contributed by atoms with Crippen LogP contribution in [-0.4, -0.2) is 25.5 Å². The van der Waals surface area contributed by atoms with Gasteiger partial charge in [-0.25, -0.2) is 0 Å². The van der Waals surface area contributed by atoms with Crippen molar-refractivity contribution >= 4 is 11.6 Å². The van der Waals surface area contributed by atoms with Crippen molar-refractivity contribution in [3.8, 4) is 11.1 Å². The van der Waals surface area contributed by atoms with Crippen molar-refractivity contribution in [2.75, 3.05) is 18.5 Å². The van der Waals surface area contributed by atoms with E-state index in [9.17, 15) is 4.79 Å². The molecule has 20 heavy (non-hydrogen) atoms. The Kier molecular flexibility index (Phi) is 3.52. The quantitative estimate of drug-likeness (QED) is 0.926. The maximum Gasteiger partial charge on any atom is 0.228 e. The summed E-state index contributed by atoms with van der Waals surface area (Å²) in [6.07, 6.45) is 0.580. The Morgan fingerprint density at radius 1 is 1.00 bits per heavy atom. The molecule has 3 rings (SSSR count). The standard InChI is InChI=1S/C17H18N2O/c1-18-15-11-17(20)19(12-15)16-9-7-14(8-10-16)13-5-3-2-4-6-13/h2-10,15,18H,11-12H2,1H3. The summed E-state index contributed by atoms with van der Waals surface area (Å²) < 4.78 is 0. The lowest BCUT2D eigenvalue weighted by atomic mass is 10.1. The highest BCUT2D eigenvalue weighted by molar-refractivity contribution is 5.96. The number of nitrogens with zero attached hydrogens (tertiary/aromatic N) is 1. The SMILES string of the molecule is CNC1CC(=O)N(c2ccc(-c3ccccc3)cc2)C1. The van der Waals surface area contributed by atoms with E-state index in [1.165, 1.54) is 11.1 Å². The van der Waals surface area contributed by atoms with E-state index < -0.39 is 0 Å². The molecular formula is C17H18N2O. The monoisotopic (exact) mass is 266 g/mol. The number of benzene rings is 2. The lowest BCUT2D eigenvalue weighted by molar-refractivity contribution is -0.117. The number of amides is 1. The Labute approximate surface area is 119 Å². The second-order valence-electron chi connectivity index (χ2n) is 5.11. The average molecular weight is 266 g/mol. The van der Waals surface area contributed by atoms with Crippen LogP contribution in [0.25, 0.3) is 11.1 Å². The van der Waals surface area contributed by atoms with Crippen LogP contribution in [-0.2, 0) is 4.79 Å². The van der Waals surface area contributed by atoms with Crippen LogP contribution in [0.3, 0.4) is 0 Å². The van der Waals surface area contributed by atoms with Crippen LogP contribution >= 0.6 is 0 Å². The highest BCUT2D eigenvalue weighted by atomic mass is 16.2. The predicted molar refractivity (Wildman–Crippen MR) is 81.7 cm³/mol. The van der Waals surface area contributed by atoms with E-state index in [1.807, 2.05) is 42.3 Å². The summed E-state index contributed by atoms with van der Waals surface area (Å²) in [4.78, 5) is 13.8. The largest absolute Gasteiger partial charge is 0.315 e. The Morgan fingerprint density at radius 3 is 2.25 bits per heavy atom. The first kappa shape index (κ1) is 12.9. The van der Waals surface area contributed by atoms with Crippen LogP contribution < -0.4 is 10.2 Å². The van der Waals surface area contributed by atoms with Gasteiger partial charge in [-0.15, -0.1) is 0 Å². The first-order chi connectivity index (χ1) is 9.78. The molecule has 1 aliphatic heterocycles. The third-order valence-electron chi connectivity index (χ3n) is 3.82. The number of rotatable bonds is 3. The zero-order chi connectivity index (χ0) is 13.9. The van der Waals surface area contributed by atoms with E-state index >= 15 is 0 Å². The van der Waals surface area contributed by atoms with Gasteiger partial charge in [-0.1, -0.05) is 42.5 Å². The van der Waals surface area contributed by atoms with Gasteiger partial charge in [-0.05, 0) is 30.3 Å². The summed E-state index contributed by atoms with van der Waals surface area (Å²) in [6, 6.07) is 18.7. The fourth-order valence-electron chi connectivity index (χ4n) is 2.61. The number of anilines is 1. The van der Waals surface area contributed by atoms with Crippen LogP contribution in [0, 0.1) is 0 Å². The molecule has 2 aromatic rings. The van der Waals surface area contributed by atoms with Crippen molar-refractivity contribution in [1.82, 2.24) is 5.32 Å². The summed E-state index contributed by atoms with van der Waals surface area (Å²) in [6.45, 7) is 0.750. The molecule has 1 unspecified atom stereocenters. The molecule has 2 aromatic carbocycles. The maximum atomic E-state index is 12.0. The van der Waals surface area contributed by atoms with E-state index in [2.05, 4.69) is 29.6 Å². The van der Waals surface area contributed by atoms with Crippen molar-refractivity contribution in [3.05, 3.63) is 54.6 Å². The summed E-state index contributed by atoms with van der Waals surface area (Å²) in [5, 5.41) is 3.17. The second kappa shape index (κ2) is 5.47. The zero-order valence-corrected chi connectivity index (χ0v) is 11.5. The summed E-state index contributed by atoms with van der Waals surface area (Å²) in [7, 11) is 1.90. The highest BCUT2D eigenvalue weighted by Crippen LogP contribution is 2.25. The smallest absolute Gasteiger partial charge is 0.228 e. The Bertz CT molecular complexity index is 592. The highest BCUT2D eigenvalue weighted by Gasteiger charge is 2.29. The number of likely N-dealkylation sites (N-methyl/N-ethyl adjacent to an activating group) is 1. The van der Waals surface area contributed by atoms with Crippen molar-refractivity contribution < 1.29 is 4.79 Å². The molecule has 0 aliphatic carbocycles. The van der Waals surface area contributed by atoms with Gasteiger partial charge in [0.05, 0.1) is 0 Å². The van der Waals surface area contributed by atoms with Gasteiger partial charge in [0, 0.05) is 24.7 Å². The van der Waals surface area contributed by atoms with Gasteiger partial charge < -0.3 is 10.2 Å². The average Bonchev–Trinajstić information content (AvgIpc) is 2.89. The van der Waals surface area contributed by atoms with Crippen LogP contribution in [0.1, 0.15) is 6.42 Å². The summed E-state index contributed by atoms with van der Waals surface area (Å²) in [5.41, 5.74) is 3.35. The molecular weight excluding hydrogens is 248 g/mol. The Morgan fingerprint density at radius 2 is 1.65 bits per heavy atom. The zero-order valence-electron chi connectivity index (χ0n) is 11.5. The molecule has 1 amide bonds. The van der Waals surface area contributed by atoms with Gasteiger partial charge >= 0.3 is 0 Å². The van der Waals surface area contributed by atoms with Gasteiger partial charge in [0.25, 0.3) is 0 Å². The number of hydrogen-bond donors (Lipinski definition) is 1. The van der Waals surface area contributed by atoms with Crippen molar-refractivity contribution in [1.29, 1.82) is 0 Å². The van der Waals surface area contributed by atoms with E-state index in [0.717, 1.165) is 12.2 Å². The molecule has 1 saturated heterocycles. The Hall–Kier alpha value is -2.13. The number of carbonyl (C=O) groups is 1. The van der Waals surface area contributed by atoms with Gasteiger partial charge in [-0.3, -0.25) is 4.79 Å². The van der Waals surface area contributed by atoms with Crippen molar-refractivity contribution in [3.63, 3.8) is 0 Å². The molecule has 0 bridgehead atoms. The molecule has 3 nitrogen and oxygen atoms in total. The molecule has 0 radical (unpaired) electrons. The van der Waals surface area contributed by atoms with Crippen molar-refractivity contribution in [2.24, 2.45) is 0 Å². The minimum atomic E-state index is 0.191. The van der Waals surface area contributed by atoms with E-state index in [0.29, 0.717) is 6.42 Å². The fourth-order valence-corrected chi connectivity index (χ4v) is 2.61. The molecule has 1 atom stereocenters. The minimum absolute atomic E-state index is 0.191. The molecule has 3 heteroatoms. The molecule has 0 saturated carbocycles. The molecule has 0 aromatic heterocycles. The number of hydrogen-bond acceptors (Lipinski definition) is 2. The second-order valence-corrected chi connectivity index (χ2v) is 5.11. The first-order valence-corrected chi connectivity index (χ1v) is 6.91. The topological polar surface area (TPSA) is 32.3 Å². The van der Waals surface area contributed by atoms with Crippen LogP contribution in [0.15, 0.2) is 54.6 Å². The van der Waals surface area contributed by atoms with Gasteiger partial charge in [0.2, 0.25) is 5.91 Å². The third-order valence-corrected chi connectivity index (χ3v) is 3.82. The Balaban J connectivity index is 1.82. The molecule has 1 N–H and O–H groups in total. The number of nitrogens with one attached hydrogen (secondary N) is 1. The third kappa shape index (κ3) is 2.45. The van der Waals surface area contributed by atoms with Gasteiger partial charge in [-0.2, -0.15) is 0 Å². The van der Waals surface area contributed by atoms with E-state index in [1.54, 1.807) is 0 Å². The van der Waals surface area contributed by atoms with Gasteiger partial charge in [0.1, 0.15) is 0 Å². The van der Waals surface area contributed by atoms with E-state index in [-0.39, 0.29) is 11.9 Å². The maximum absolute atomic E-state index is 12.0. The normalized spacial score (nSPS) is 18.6. The lowest BCUT2D eigenvalue weighted by Crippen LogP contribution is -2.30. The molecule has 1 aliphatic rings. The molecule has 1 heterocycles. The van der Waals surface area contributed by atoms with E-state index in [4.69, 9.17) is 0 Å². The summed E-state index contributed by atoms with van der Waals surface area (Å²) in [5.74, 6) is 0.191. The first-order valence-electron chi connectivity index (χ1n) is 6.91. The van der Waals surface area contributed by atoms with Gasteiger partial charge in [0.15, 0.2) is 0 Å². The summed E-state index contributed by atoms with van der Waals surface area (Å²) >= 11 is 0. The van der Waals surface area contributed by atoms with Crippen molar-refractivity contribution in [2.45, 2.75) is 12.5 Å².